The van der Waals surface area contributed by atoms with Crippen molar-refractivity contribution in [2.24, 2.45) is 5.92 Å². The second-order valence-corrected chi connectivity index (χ2v) is 5.65. The molecule has 1 heterocycles. The van der Waals surface area contributed by atoms with Crippen LogP contribution in [0.5, 0.6) is 0 Å². The third-order valence-electron chi connectivity index (χ3n) is 3.63. The van der Waals surface area contributed by atoms with Gasteiger partial charge < -0.3 is 15.1 Å². The quantitative estimate of drug-likeness (QED) is 0.619. The number of hydrogen-bond acceptors (Lipinski definition) is 3. The second-order valence-electron chi connectivity index (χ2n) is 5.65. The minimum Gasteiger partial charge on any atom is -0.315 e. The molecule has 102 valence electrons. The standard InChI is InChI=1S/C14H31N3/c1-4-6-14-7-11-17(13-14)12-9-15-8-5-10-16(2)3/h14-15H,4-13H2,1-3H3. The normalized spacial score (nSPS) is 21.5. The average molecular weight is 241 g/mol. The summed E-state index contributed by atoms with van der Waals surface area (Å²) in [7, 11) is 4.27. The molecule has 1 aliphatic heterocycles. The van der Waals surface area contributed by atoms with Gasteiger partial charge in [-0.25, -0.2) is 0 Å². The van der Waals surface area contributed by atoms with Crippen LogP contribution in [0.4, 0.5) is 0 Å². The van der Waals surface area contributed by atoms with Gasteiger partial charge in [-0.15, -0.1) is 0 Å². The fourth-order valence-corrected chi connectivity index (χ4v) is 2.64. The van der Waals surface area contributed by atoms with Gasteiger partial charge in [0.2, 0.25) is 0 Å². The number of nitrogens with one attached hydrogen (secondary N) is 1. The van der Waals surface area contributed by atoms with Crippen LogP contribution < -0.4 is 5.32 Å². The van der Waals surface area contributed by atoms with Crippen molar-refractivity contribution in [3.05, 3.63) is 0 Å². The Labute approximate surface area is 108 Å². The van der Waals surface area contributed by atoms with Gasteiger partial charge in [-0.2, -0.15) is 0 Å². The zero-order valence-corrected chi connectivity index (χ0v) is 12.0. The number of rotatable bonds is 9. The van der Waals surface area contributed by atoms with Crippen molar-refractivity contribution in [1.29, 1.82) is 0 Å². The Morgan fingerprint density at radius 2 is 2.12 bits per heavy atom. The molecule has 0 radical (unpaired) electrons. The van der Waals surface area contributed by atoms with E-state index >= 15 is 0 Å². The average Bonchev–Trinajstić information content (AvgIpc) is 2.71. The maximum Gasteiger partial charge on any atom is 0.0107 e. The molecule has 0 aromatic rings. The van der Waals surface area contributed by atoms with Gasteiger partial charge in [0.05, 0.1) is 0 Å². The highest BCUT2D eigenvalue weighted by Crippen LogP contribution is 2.19. The van der Waals surface area contributed by atoms with Crippen molar-refractivity contribution in [3.63, 3.8) is 0 Å². The van der Waals surface area contributed by atoms with Crippen LogP contribution in [-0.4, -0.2) is 63.2 Å². The number of nitrogens with zero attached hydrogens (tertiary/aromatic N) is 2. The molecule has 1 aliphatic rings. The van der Waals surface area contributed by atoms with E-state index in [0.29, 0.717) is 0 Å². The Kier molecular flexibility index (Phi) is 7.82. The summed E-state index contributed by atoms with van der Waals surface area (Å²) in [4.78, 5) is 4.87. The Morgan fingerprint density at radius 1 is 1.29 bits per heavy atom. The van der Waals surface area contributed by atoms with Crippen LogP contribution in [0.25, 0.3) is 0 Å². The predicted molar refractivity (Wildman–Crippen MR) is 75.5 cm³/mol. The molecule has 0 aliphatic carbocycles. The molecule has 0 amide bonds. The van der Waals surface area contributed by atoms with Crippen molar-refractivity contribution >= 4 is 0 Å². The molecule has 0 aromatic heterocycles. The Hall–Kier alpha value is -0.120. The second kappa shape index (κ2) is 8.90. The van der Waals surface area contributed by atoms with E-state index in [4.69, 9.17) is 0 Å². The van der Waals surface area contributed by atoms with Gasteiger partial charge in [0, 0.05) is 19.6 Å². The lowest BCUT2D eigenvalue weighted by molar-refractivity contribution is 0.316. The van der Waals surface area contributed by atoms with Gasteiger partial charge in [-0.05, 0) is 58.9 Å². The summed E-state index contributed by atoms with van der Waals surface area (Å²) in [5.74, 6) is 0.980. The molecule has 1 atom stereocenters. The van der Waals surface area contributed by atoms with Crippen molar-refractivity contribution < 1.29 is 0 Å². The minimum atomic E-state index is 0.980. The van der Waals surface area contributed by atoms with Gasteiger partial charge in [0.1, 0.15) is 0 Å². The first-order chi connectivity index (χ1) is 8.22. The predicted octanol–water partition coefficient (Wildman–Crippen LogP) is 1.65. The molecule has 0 spiro atoms. The SMILES string of the molecule is CCCC1CCN(CCNCCCN(C)C)C1. The van der Waals surface area contributed by atoms with E-state index < -0.39 is 0 Å². The summed E-state index contributed by atoms with van der Waals surface area (Å²) in [6.07, 6.45) is 5.45. The van der Waals surface area contributed by atoms with E-state index in [2.05, 4.69) is 36.1 Å². The molecule has 1 rings (SSSR count). The summed E-state index contributed by atoms with van der Waals surface area (Å²) in [5, 5.41) is 3.55. The monoisotopic (exact) mass is 241 g/mol. The van der Waals surface area contributed by atoms with Crippen molar-refractivity contribution in [2.45, 2.75) is 32.6 Å². The van der Waals surface area contributed by atoms with Gasteiger partial charge in [-0.3, -0.25) is 0 Å². The van der Waals surface area contributed by atoms with E-state index in [1.807, 2.05) is 0 Å². The Balaban J connectivity index is 1.90. The van der Waals surface area contributed by atoms with Crippen molar-refractivity contribution in [2.75, 3.05) is 53.4 Å². The third kappa shape index (κ3) is 7.02. The van der Waals surface area contributed by atoms with E-state index in [9.17, 15) is 0 Å². The summed E-state index contributed by atoms with van der Waals surface area (Å²) in [6, 6.07) is 0. The molecular weight excluding hydrogens is 210 g/mol. The molecule has 0 bridgehead atoms. The van der Waals surface area contributed by atoms with Crippen LogP contribution in [0.3, 0.4) is 0 Å². The van der Waals surface area contributed by atoms with Crippen LogP contribution in [0.2, 0.25) is 0 Å². The highest BCUT2D eigenvalue weighted by molar-refractivity contribution is 4.75. The molecule has 1 unspecified atom stereocenters. The van der Waals surface area contributed by atoms with E-state index in [0.717, 1.165) is 19.0 Å². The Bertz CT molecular complexity index is 182. The number of likely N-dealkylation sites (tertiary alicyclic amines) is 1. The summed E-state index contributed by atoms with van der Waals surface area (Å²) in [6.45, 7) is 9.71. The number of hydrogen-bond donors (Lipinski definition) is 1. The van der Waals surface area contributed by atoms with Gasteiger partial charge in [-0.1, -0.05) is 13.3 Å². The maximum atomic E-state index is 3.55. The van der Waals surface area contributed by atoms with Gasteiger partial charge >= 0.3 is 0 Å². The highest BCUT2D eigenvalue weighted by atomic mass is 15.2. The zero-order valence-electron chi connectivity index (χ0n) is 12.0. The van der Waals surface area contributed by atoms with E-state index in [-0.39, 0.29) is 0 Å². The molecule has 1 fully saturated rings. The minimum absolute atomic E-state index is 0.980. The Morgan fingerprint density at radius 3 is 2.82 bits per heavy atom. The fourth-order valence-electron chi connectivity index (χ4n) is 2.64. The first-order valence-corrected chi connectivity index (χ1v) is 7.30. The van der Waals surface area contributed by atoms with Crippen molar-refractivity contribution in [3.8, 4) is 0 Å². The smallest absolute Gasteiger partial charge is 0.0107 e. The largest absolute Gasteiger partial charge is 0.315 e. The maximum absolute atomic E-state index is 3.55. The lowest BCUT2D eigenvalue weighted by Gasteiger charge is -2.16. The lowest BCUT2D eigenvalue weighted by Crippen LogP contribution is -2.31. The van der Waals surface area contributed by atoms with E-state index in [1.54, 1.807) is 0 Å². The van der Waals surface area contributed by atoms with Gasteiger partial charge in [0.25, 0.3) is 0 Å². The molecule has 17 heavy (non-hydrogen) atoms. The summed E-state index contributed by atoms with van der Waals surface area (Å²) in [5.41, 5.74) is 0. The topological polar surface area (TPSA) is 18.5 Å². The van der Waals surface area contributed by atoms with Crippen molar-refractivity contribution in [1.82, 2.24) is 15.1 Å². The lowest BCUT2D eigenvalue weighted by atomic mass is 10.0. The zero-order chi connectivity index (χ0) is 12.5. The molecule has 1 N–H and O–H groups in total. The van der Waals surface area contributed by atoms with Crippen LogP contribution in [-0.2, 0) is 0 Å². The molecular formula is C14H31N3. The molecule has 0 saturated carbocycles. The molecule has 3 nitrogen and oxygen atoms in total. The summed E-state index contributed by atoms with van der Waals surface area (Å²) < 4.78 is 0. The van der Waals surface area contributed by atoms with Gasteiger partial charge in [0.15, 0.2) is 0 Å². The van der Waals surface area contributed by atoms with Crippen LogP contribution >= 0.6 is 0 Å². The summed E-state index contributed by atoms with van der Waals surface area (Å²) >= 11 is 0. The third-order valence-corrected chi connectivity index (χ3v) is 3.63. The van der Waals surface area contributed by atoms with Crippen LogP contribution in [0.15, 0.2) is 0 Å². The van der Waals surface area contributed by atoms with E-state index in [1.165, 1.54) is 51.9 Å². The molecule has 0 aromatic carbocycles. The van der Waals surface area contributed by atoms with Crippen LogP contribution in [0, 0.1) is 5.92 Å². The first kappa shape index (κ1) is 14.9. The molecule has 3 heteroatoms. The first-order valence-electron chi connectivity index (χ1n) is 7.30. The van der Waals surface area contributed by atoms with Crippen LogP contribution in [0.1, 0.15) is 32.6 Å². The molecule has 1 saturated heterocycles. The fraction of sp³-hybridized carbons (Fsp3) is 1.00. The highest BCUT2D eigenvalue weighted by Gasteiger charge is 2.20.